The molecule has 4 heteroatoms. The first-order chi connectivity index (χ1) is 8.02. The molecule has 4 atom stereocenters. The van der Waals surface area contributed by atoms with Gasteiger partial charge in [0.2, 0.25) is 0 Å². The molecule has 0 aromatic carbocycles. The summed E-state index contributed by atoms with van der Waals surface area (Å²) in [5.41, 5.74) is -0.477. The Hall–Kier alpha value is -0.223. The third kappa shape index (κ3) is 1.88. The van der Waals surface area contributed by atoms with Crippen LogP contribution in [0.3, 0.4) is 0 Å². The fourth-order valence-corrected chi connectivity index (χ4v) is 4.46. The highest BCUT2D eigenvalue weighted by molar-refractivity contribution is 6.74. The van der Waals surface area contributed by atoms with Gasteiger partial charge in [0.25, 0.3) is 0 Å². The van der Waals surface area contributed by atoms with E-state index in [4.69, 9.17) is 4.43 Å². The van der Waals surface area contributed by atoms with Crippen molar-refractivity contribution in [3.8, 4) is 0 Å². The van der Waals surface area contributed by atoms with E-state index in [9.17, 15) is 9.18 Å². The van der Waals surface area contributed by atoms with Crippen molar-refractivity contribution >= 4 is 14.1 Å². The summed E-state index contributed by atoms with van der Waals surface area (Å²) < 4.78 is 19.8. The Bertz CT molecular complexity index is 374. The second-order valence-electron chi connectivity index (χ2n) is 7.53. The van der Waals surface area contributed by atoms with Crippen LogP contribution in [0.1, 0.15) is 40.5 Å². The van der Waals surface area contributed by atoms with E-state index in [1.54, 1.807) is 0 Å². The minimum absolute atomic E-state index is 0.124. The van der Waals surface area contributed by atoms with Gasteiger partial charge in [-0.2, -0.15) is 0 Å². The van der Waals surface area contributed by atoms with E-state index in [-0.39, 0.29) is 22.8 Å². The van der Waals surface area contributed by atoms with Crippen LogP contribution in [-0.2, 0) is 9.22 Å². The standard InChI is InChI=1S/C14H25FO2Si/c1-9(17-18(5,6)13(2,3)4)14-8-10(14)7-11(15)12(14)16/h9-11H,7-8H2,1-6H3/t9?,10-,11+,14-/m0/s1. The number of Topliss-reactive ketones (excluding diaryl/α,β-unsaturated/α-hetero) is 1. The van der Waals surface area contributed by atoms with E-state index in [1.165, 1.54) is 0 Å². The van der Waals surface area contributed by atoms with Crippen LogP contribution in [-0.4, -0.2) is 26.4 Å². The largest absolute Gasteiger partial charge is 0.413 e. The molecule has 0 N–H and O–H groups in total. The van der Waals surface area contributed by atoms with E-state index in [2.05, 4.69) is 33.9 Å². The van der Waals surface area contributed by atoms with Crippen LogP contribution in [0.4, 0.5) is 4.39 Å². The number of halogens is 1. The Labute approximate surface area is 110 Å². The van der Waals surface area contributed by atoms with Crippen molar-refractivity contribution in [3.05, 3.63) is 0 Å². The van der Waals surface area contributed by atoms with E-state index in [0.29, 0.717) is 6.42 Å². The Kier molecular flexibility index (Phi) is 3.06. The summed E-state index contributed by atoms with van der Waals surface area (Å²) in [7, 11) is -1.88. The van der Waals surface area contributed by atoms with Crippen molar-refractivity contribution in [2.75, 3.05) is 0 Å². The first kappa shape index (κ1) is 14.2. The summed E-state index contributed by atoms with van der Waals surface area (Å²) in [5.74, 6) is 0.0403. The molecule has 0 aromatic heterocycles. The fourth-order valence-electron chi connectivity index (χ4n) is 3.01. The predicted molar refractivity (Wildman–Crippen MR) is 72.8 cm³/mol. The minimum Gasteiger partial charge on any atom is -0.413 e. The van der Waals surface area contributed by atoms with E-state index in [0.717, 1.165) is 6.42 Å². The molecular formula is C14H25FO2Si. The van der Waals surface area contributed by atoms with Gasteiger partial charge in [0, 0.05) is 0 Å². The first-order valence-corrected chi connectivity index (χ1v) is 9.79. The first-order valence-electron chi connectivity index (χ1n) is 6.88. The van der Waals surface area contributed by atoms with Gasteiger partial charge < -0.3 is 4.43 Å². The highest BCUT2D eigenvalue weighted by Crippen LogP contribution is 2.65. The Morgan fingerprint density at radius 2 is 2.00 bits per heavy atom. The second kappa shape index (κ2) is 3.89. The Morgan fingerprint density at radius 3 is 2.39 bits per heavy atom. The van der Waals surface area contributed by atoms with Gasteiger partial charge >= 0.3 is 0 Å². The van der Waals surface area contributed by atoms with Crippen LogP contribution in [0.5, 0.6) is 0 Å². The zero-order valence-corrected chi connectivity index (χ0v) is 13.3. The van der Waals surface area contributed by atoms with Gasteiger partial charge in [-0.3, -0.25) is 4.79 Å². The third-order valence-corrected chi connectivity index (χ3v) is 9.95. The van der Waals surface area contributed by atoms with Gasteiger partial charge in [0.05, 0.1) is 11.5 Å². The molecule has 2 fully saturated rings. The SMILES string of the molecule is CC(O[Si](C)(C)C(C)(C)C)[C@@]12C[C@@H]1C[C@@H](F)C2=O. The zero-order valence-electron chi connectivity index (χ0n) is 12.3. The van der Waals surface area contributed by atoms with Crippen molar-refractivity contribution in [2.24, 2.45) is 11.3 Å². The lowest BCUT2D eigenvalue weighted by Crippen LogP contribution is -2.47. The molecule has 1 unspecified atom stereocenters. The normalized spacial score (nSPS) is 37.6. The maximum atomic E-state index is 13.5. The van der Waals surface area contributed by atoms with Gasteiger partial charge in [0.1, 0.15) is 0 Å². The lowest BCUT2D eigenvalue weighted by molar-refractivity contribution is -0.130. The average Bonchev–Trinajstić information content (AvgIpc) is 2.83. The van der Waals surface area contributed by atoms with Gasteiger partial charge in [-0.1, -0.05) is 20.8 Å². The summed E-state index contributed by atoms with van der Waals surface area (Å²) in [6.07, 6.45) is -0.114. The molecule has 0 radical (unpaired) electrons. The quantitative estimate of drug-likeness (QED) is 0.732. The molecule has 0 heterocycles. The molecule has 2 saturated carbocycles. The van der Waals surface area contributed by atoms with Crippen molar-refractivity contribution in [1.82, 2.24) is 0 Å². The maximum Gasteiger partial charge on any atom is 0.192 e. The van der Waals surface area contributed by atoms with Crippen LogP contribution in [0, 0.1) is 11.3 Å². The minimum atomic E-state index is -1.88. The molecule has 0 spiro atoms. The molecule has 0 aliphatic heterocycles. The van der Waals surface area contributed by atoms with Crippen LogP contribution in [0.25, 0.3) is 0 Å². The maximum absolute atomic E-state index is 13.5. The number of fused-ring (bicyclic) bond motifs is 1. The molecule has 0 saturated heterocycles. The molecule has 0 amide bonds. The Morgan fingerprint density at radius 1 is 1.44 bits per heavy atom. The number of rotatable bonds is 3. The van der Waals surface area contributed by atoms with Crippen LogP contribution in [0.15, 0.2) is 0 Å². The highest BCUT2D eigenvalue weighted by Gasteiger charge is 2.70. The summed E-state index contributed by atoms with van der Waals surface area (Å²) in [5, 5.41) is 0.124. The molecule has 0 bridgehead atoms. The molecule has 2 rings (SSSR count). The number of hydrogen-bond donors (Lipinski definition) is 0. The molecule has 2 aliphatic carbocycles. The molecular weight excluding hydrogens is 247 g/mol. The zero-order chi connectivity index (χ0) is 13.9. The second-order valence-corrected chi connectivity index (χ2v) is 12.3. The highest BCUT2D eigenvalue weighted by atomic mass is 28.4. The number of carbonyl (C=O) groups is 1. The van der Waals surface area contributed by atoms with Crippen LogP contribution >= 0.6 is 0 Å². The van der Waals surface area contributed by atoms with Gasteiger partial charge in [-0.15, -0.1) is 0 Å². The number of carbonyl (C=O) groups excluding carboxylic acids is 1. The third-order valence-electron chi connectivity index (χ3n) is 5.39. The van der Waals surface area contributed by atoms with Gasteiger partial charge in [0.15, 0.2) is 20.3 Å². The van der Waals surface area contributed by atoms with Gasteiger partial charge in [-0.05, 0) is 43.8 Å². The molecule has 0 aromatic rings. The summed E-state index contributed by atoms with van der Waals surface area (Å²) >= 11 is 0. The summed E-state index contributed by atoms with van der Waals surface area (Å²) in [4.78, 5) is 12.0. The van der Waals surface area contributed by atoms with E-state index < -0.39 is 19.9 Å². The van der Waals surface area contributed by atoms with Crippen molar-refractivity contribution in [2.45, 2.75) is 70.9 Å². The smallest absolute Gasteiger partial charge is 0.192 e. The topological polar surface area (TPSA) is 26.3 Å². The number of alkyl halides is 1. The van der Waals surface area contributed by atoms with Gasteiger partial charge in [-0.25, -0.2) is 4.39 Å². The lowest BCUT2D eigenvalue weighted by Gasteiger charge is -2.40. The summed E-state index contributed by atoms with van der Waals surface area (Å²) in [6.45, 7) is 12.9. The molecule has 2 nitrogen and oxygen atoms in total. The fraction of sp³-hybridized carbons (Fsp3) is 0.929. The van der Waals surface area contributed by atoms with Crippen molar-refractivity contribution in [3.63, 3.8) is 0 Å². The number of hydrogen-bond acceptors (Lipinski definition) is 2. The molecule has 104 valence electrons. The average molecular weight is 272 g/mol. The monoisotopic (exact) mass is 272 g/mol. The predicted octanol–water partition coefficient (Wildman–Crippen LogP) is 3.71. The van der Waals surface area contributed by atoms with E-state index >= 15 is 0 Å². The van der Waals surface area contributed by atoms with Crippen molar-refractivity contribution < 1.29 is 13.6 Å². The van der Waals surface area contributed by atoms with Crippen LogP contribution < -0.4 is 0 Å². The van der Waals surface area contributed by atoms with Crippen molar-refractivity contribution in [1.29, 1.82) is 0 Å². The van der Waals surface area contributed by atoms with E-state index in [1.807, 2.05) is 6.92 Å². The Balaban J connectivity index is 2.11. The van der Waals surface area contributed by atoms with Crippen LogP contribution in [0.2, 0.25) is 18.1 Å². The number of ketones is 1. The molecule has 2 aliphatic rings. The molecule has 18 heavy (non-hydrogen) atoms. The summed E-state index contributed by atoms with van der Waals surface area (Å²) in [6, 6.07) is 0. The lowest BCUT2D eigenvalue weighted by atomic mass is 9.96.